The number of carbonyl (C=O) groups is 1. The van der Waals surface area contributed by atoms with E-state index in [2.05, 4.69) is 23.7 Å². The summed E-state index contributed by atoms with van der Waals surface area (Å²) in [6.45, 7) is 2.04. The Morgan fingerprint density at radius 2 is 2.22 bits per heavy atom. The van der Waals surface area contributed by atoms with Crippen LogP contribution >= 0.6 is 0 Å². The van der Waals surface area contributed by atoms with E-state index in [-0.39, 0.29) is 0 Å². The summed E-state index contributed by atoms with van der Waals surface area (Å²) < 4.78 is 0. The Bertz CT molecular complexity index is 182. The predicted octanol–water partition coefficient (Wildman–Crippen LogP) is 0.992. The van der Waals surface area contributed by atoms with Gasteiger partial charge in [0.05, 0.1) is 0 Å². The molecule has 46 valence electrons. The van der Waals surface area contributed by atoms with Gasteiger partial charge < -0.3 is 0 Å². The van der Waals surface area contributed by atoms with Crippen LogP contribution in [-0.4, -0.2) is 6.29 Å². The lowest BCUT2D eigenvalue weighted by Crippen LogP contribution is -1.61. The number of aldehydes is 1. The molecule has 0 bridgehead atoms. The van der Waals surface area contributed by atoms with Gasteiger partial charge in [0, 0.05) is 6.42 Å². The van der Waals surface area contributed by atoms with Crippen molar-refractivity contribution in [3.8, 4) is 23.7 Å². The number of unbranched alkanes of at least 4 members (excludes halogenated alkanes) is 1. The van der Waals surface area contributed by atoms with Gasteiger partial charge in [0.15, 0.2) is 6.29 Å². The van der Waals surface area contributed by atoms with Gasteiger partial charge in [-0.05, 0) is 24.2 Å². The van der Waals surface area contributed by atoms with Crippen LogP contribution in [0.5, 0.6) is 0 Å². The largest absolute Gasteiger partial charge is 0.289 e. The summed E-state index contributed by atoms with van der Waals surface area (Å²) >= 11 is 0. The number of hydrogen-bond acceptors (Lipinski definition) is 1. The first-order valence-corrected chi connectivity index (χ1v) is 2.84. The van der Waals surface area contributed by atoms with Crippen molar-refractivity contribution in [1.82, 2.24) is 0 Å². The Kier molecular flexibility index (Phi) is 5.88. The van der Waals surface area contributed by atoms with E-state index in [1.807, 2.05) is 6.92 Å². The van der Waals surface area contributed by atoms with Gasteiger partial charge in [-0.3, -0.25) is 4.79 Å². The first kappa shape index (κ1) is 7.79. The first-order chi connectivity index (χ1) is 4.41. The summed E-state index contributed by atoms with van der Waals surface area (Å²) in [5.74, 6) is 9.93. The number of rotatable bonds is 1. The molecule has 0 aromatic heterocycles. The third kappa shape index (κ3) is 6.79. The van der Waals surface area contributed by atoms with Crippen LogP contribution in [-0.2, 0) is 4.79 Å². The van der Waals surface area contributed by atoms with Crippen molar-refractivity contribution >= 4 is 6.29 Å². The van der Waals surface area contributed by atoms with Crippen molar-refractivity contribution in [3.05, 3.63) is 0 Å². The molecule has 0 fully saturated rings. The van der Waals surface area contributed by atoms with Gasteiger partial charge in [0.2, 0.25) is 0 Å². The topological polar surface area (TPSA) is 17.1 Å². The minimum absolute atomic E-state index is 0.542. The highest BCUT2D eigenvalue weighted by molar-refractivity contribution is 5.73. The molecule has 0 radical (unpaired) electrons. The molecule has 0 aliphatic rings. The van der Waals surface area contributed by atoms with Gasteiger partial charge in [0.25, 0.3) is 0 Å². The summed E-state index contributed by atoms with van der Waals surface area (Å²) in [5, 5.41) is 0. The predicted molar refractivity (Wildman–Crippen MR) is 36.5 cm³/mol. The van der Waals surface area contributed by atoms with E-state index in [1.54, 1.807) is 0 Å². The lowest BCUT2D eigenvalue weighted by Gasteiger charge is -1.71. The lowest BCUT2D eigenvalue weighted by molar-refractivity contribution is -0.103. The lowest BCUT2D eigenvalue weighted by atomic mass is 10.3. The van der Waals surface area contributed by atoms with Crippen molar-refractivity contribution in [1.29, 1.82) is 0 Å². The quantitative estimate of drug-likeness (QED) is 0.372. The van der Waals surface area contributed by atoms with Crippen LogP contribution in [0.3, 0.4) is 0 Å². The van der Waals surface area contributed by atoms with E-state index in [0.29, 0.717) is 6.29 Å². The average Bonchev–Trinajstić information content (AvgIpc) is 1.89. The molecule has 0 saturated carbocycles. The smallest absolute Gasteiger partial charge is 0.193 e. The van der Waals surface area contributed by atoms with Crippen LogP contribution in [0, 0.1) is 23.7 Å². The zero-order valence-corrected chi connectivity index (χ0v) is 5.40. The van der Waals surface area contributed by atoms with Crippen LogP contribution in [0.25, 0.3) is 0 Å². The van der Waals surface area contributed by atoms with E-state index in [0.717, 1.165) is 12.8 Å². The SMILES string of the molecule is CCCC#CC#CC=O. The highest BCUT2D eigenvalue weighted by Crippen LogP contribution is 1.79. The molecular weight excluding hydrogens is 112 g/mol. The van der Waals surface area contributed by atoms with Crippen molar-refractivity contribution in [3.63, 3.8) is 0 Å². The van der Waals surface area contributed by atoms with E-state index >= 15 is 0 Å². The van der Waals surface area contributed by atoms with Gasteiger partial charge >= 0.3 is 0 Å². The summed E-state index contributed by atoms with van der Waals surface area (Å²) in [5.41, 5.74) is 0. The monoisotopic (exact) mass is 120 g/mol. The maximum absolute atomic E-state index is 9.60. The first-order valence-electron chi connectivity index (χ1n) is 2.84. The summed E-state index contributed by atoms with van der Waals surface area (Å²) in [4.78, 5) is 9.60. The van der Waals surface area contributed by atoms with E-state index in [9.17, 15) is 4.79 Å². The highest BCUT2D eigenvalue weighted by Gasteiger charge is 1.65. The minimum atomic E-state index is 0.542. The second kappa shape index (κ2) is 6.79. The van der Waals surface area contributed by atoms with Crippen LogP contribution in [0.4, 0.5) is 0 Å². The molecule has 0 unspecified atom stereocenters. The fourth-order valence-electron chi connectivity index (χ4n) is 0.297. The Morgan fingerprint density at radius 1 is 1.44 bits per heavy atom. The van der Waals surface area contributed by atoms with Gasteiger partial charge in [-0.2, -0.15) is 0 Å². The second-order valence-corrected chi connectivity index (χ2v) is 1.44. The molecule has 0 aliphatic heterocycles. The highest BCUT2D eigenvalue weighted by atomic mass is 16.1. The molecule has 9 heavy (non-hydrogen) atoms. The Morgan fingerprint density at radius 3 is 2.78 bits per heavy atom. The summed E-state index contributed by atoms with van der Waals surface area (Å²) in [7, 11) is 0. The normalized spacial score (nSPS) is 5.89. The standard InChI is InChI=1S/C8H8O/c1-2-3-4-5-6-7-8-9/h8H,2-3H2,1H3. The molecule has 0 aromatic rings. The Labute approximate surface area is 55.5 Å². The third-order valence-corrected chi connectivity index (χ3v) is 0.657. The number of carbonyl (C=O) groups excluding carboxylic acids is 1. The molecule has 0 heterocycles. The van der Waals surface area contributed by atoms with Crippen molar-refractivity contribution in [2.24, 2.45) is 0 Å². The van der Waals surface area contributed by atoms with Crippen LogP contribution in [0.15, 0.2) is 0 Å². The molecule has 0 aliphatic carbocycles. The molecule has 0 saturated heterocycles. The fraction of sp³-hybridized carbons (Fsp3) is 0.375. The van der Waals surface area contributed by atoms with Crippen molar-refractivity contribution in [2.75, 3.05) is 0 Å². The van der Waals surface area contributed by atoms with E-state index < -0.39 is 0 Å². The zero-order valence-electron chi connectivity index (χ0n) is 5.40. The van der Waals surface area contributed by atoms with Gasteiger partial charge in [-0.15, -0.1) is 0 Å². The molecule has 1 heteroatoms. The Hall–Kier alpha value is -1.21. The maximum Gasteiger partial charge on any atom is 0.193 e. The van der Waals surface area contributed by atoms with Crippen LogP contribution in [0.2, 0.25) is 0 Å². The summed E-state index contributed by atoms with van der Waals surface area (Å²) in [6.07, 6.45) is 2.43. The van der Waals surface area contributed by atoms with Crippen LogP contribution < -0.4 is 0 Å². The van der Waals surface area contributed by atoms with Crippen LogP contribution in [0.1, 0.15) is 19.8 Å². The number of hydrogen-bond donors (Lipinski definition) is 0. The van der Waals surface area contributed by atoms with Crippen molar-refractivity contribution in [2.45, 2.75) is 19.8 Å². The summed E-state index contributed by atoms with van der Waals surface area (Å²) in [6, 6.07) is 0. The molecule has 0 rings (SSSR count). The Balaban J connectivity index is 3.48. The van der Waals surface area contributed by atoms with E-state index in [1.165, 1.54) is 0 Å². The minimum Gasteiger partial charge on any atom is -0.289 e. The van der Waals surface area contributed by atoms with Gasteiger partial charge in [0.1, 0.15) is 0 Å². The molecule has 0 spiro atoms. The fourth-order valence-corrected chi connectivity index (χ4v) is 0.297. The third-order valence-electron chi connectivity index (χ3n) is 0.657. The molecule has 1 nitrogen and oxygen atoms in total. The molecule has 0 atom stereocenters. The maximum atomic E-state index is 9.60. The molecule has 0 amide bonds. The second-order valence-electron chi connectivity index (χ2n) is 1.44. The molecule has 0 aromatic carbocycles. The van der Waals surface area contributed by atoms with Gasteiger partial charge in [-0.25, -0.2) is 0 Å². The van der Waals surface area contributed by atoms with E-state index in [4.69, 9.17) is 0 Å². The zero-order chi connectivity index (χ0) is 6.95. The molecular formula is C8H8O. The molecule has 0 N–H and O–H groups in total. The van der Waals surface area contributed by atoms with Gasteiger partial charge in [-0.1, -0.05) is 12.8 Å². The van der Waals surface area contributed by atoms with Crippen molar-refractivity contribution < 1.29 is 4.79 Å². The average molecular weight is 120 g/mol.